The first-order valence-corrected chi connectivity index (χ1v) is 7.18. The van der Waals surface area contributed by atoms with Crippen LogP contribution in [0.2, 0.25) is 0 Å². The number of rotatable bonds is 3. The van der Waals surface area contributed by atoms with E-state index in [0.29, 0.717) is 13.0 Å². The highest BCUT2D eigenvalue weighted by Gasteiger charge is 2.36. The van der Waals surface area contributed by atoms with Gasteiger partial charge in [-0.1, -0.05) is 0 Å². The third-order valence-electron chi connectivity index (χ3n) is 3.68. The van der Waals surface area contributed by atoms with Crippen LogP contribution < -0.4 is 0 Å². The highest BCUT2D eigenvalue weighted by Crippen LogP contribution is 2.20. The van der Waals surface area contributed by atoms with Crippen LogP contribution in [0.25, 0.3) is 0 Å². The zero-order valence-electron chi connectivity index (χ0n) is 12.5. The third-order valence-corrected chi connectivity index (χ3v) is 3.68. The molecule has 9 nitrogen and oxygen atoms in total. The topological polar surface area (TPSA) is 149 Å². The van der Waals surface area contributed by atoms with E-state index in [1.807, 2.05) is 0 Å². The highest BCUT2D eigenvalue weighted by atomic mass is 16.7. The summed E-state index contributed by atoms with van der Waals surface area (Å²) < 4.78 is 14.9. The fraction of sp³-hybridized carbons (Fsp3) is 1.00. The lowest BCUT2D eigenvalue weighted by atomic mass is 10.0. The molecule has 2 saturated heterocycles. The zero-order chi connectivity index (χ0) is 16.7. The smallest absolute Gasteiger partial charge is 0.160 e. The molecular formula is C13H26O9. The largest absolute Gasteiger partial charge is 0.394 e. The Morgan fingerprint density at radius 1 is 0.955 bits per heavy atom. The lowest BCUT2D eigenvalue weighted by Gasteiger charge is -2.35. The lowest BCUT2D eigenvalue weighted by Crippen LogP contribution is -2.50. The fourth-order valence-corrected chi connectivity index (χ4v) is 2.24. The number of ether oxygens (including phenoxy) is 3. The first kappa shape index (κ1) is 19.7. The van der Waals surface area contributed by atoms with Crippen molar-refractivity contribution in [2.45, 2.75) is 55.8 Å². The van der Waals surface area contributed by atoms with Gasteiger partial charge in [-0.25, -0.2) is 0 Å². The van der Waals surface area contributed by atoms with Gasteiger partial charge in [-0.3, -0.25) is 0 Å². The molecule has 2 heterocycles. The van der Waals surface area contributed by atoms with Crippen LogP contribution in [0, 0.1) is 0 Å². The Bertz CT molecular complexity index is 303. The number of aliphatic hydroxyl groups is 6. The van der Waals surface area contributed by atoms with Crippen LogP contribution >= 0.6 is 0 Å². The first-order valence-electron chi connectivity index (χ1n) is 7.18. The third kappa shape index (κ3) is 5.37. The molecule has 9 heteroatoms. The van der Waals surface area contributed by atoms with E-state index in [1.165, 1.54) is 7.11 Å². The molecule has 0 saturated carbocycles. The molecule has 3 unspecified atom stereocenters. The van der Waals surface area contributed by atoms with E-state index >= 15 is 0 Å². The summed E-state index contributed by atoms with van der Waals surface area (Å²) in [6.45, 7) is -0.153. The maximum atomic E-state index is 9.26. The number of hydrogen-bond acceptors (Lipinski definition) is 9. The van der Waals surface area contributed by atoms with Crippen molar-refractivity contribution in [3.8, 4) is 0 Å². The Morgan fingerprint density at radius 3 is 2.05 bits per heavy atom. The lowest BCUT2D eigenvalue weighted by molar-refractivity contribution is -0.248. The van der Waals surface area contributed by atoms with Gasteiger partial charge in [0.15, 0.2) is 6.29 Å². The summed E-state index contributed by atoms with van der Waals surface area (Å²) in [6.07, 6.45) is -4.82. The van der Waals surface area contributed by atoms with Gasteiger partial charge in [0.05, 0.1) is 25.4 Å². The van der Waals surface area contributed by atoms with E-state index in [1.54, 1.807) is 0 Å². The van der Waals surface area contributed by atoms with Gasteiger partial charge in [0.1, 0.15) is 24.4 Å². The molecule has 0 spiro atoms. The summed E-state index contributed by atoms with van der Waals surface area (Å²) in [5, 5.41) is 54.0. The summed E-state index contributed by atoms with van der Waals surface area (Å²) >= 11 is 0. The van der Waals surface area contributed by atoms with Crippen molar-refractivity contribution in [3.63, 3.8) is 0 Å². The van der Waals surface area contributed by atoms with Crippen LogP contribution in [0.3, 0.4) is 0 Å². The van der Waals surface area contributed by atoms with Gasteiger partial charge in [-0.15, -0.1) is 0 Å². The Labute approximate surface area is 128 Å². The average molecular weight is 326 g/mol. The molecule has 6 N–H and O–H groups in total. The van der Waals surface area contributed by atoms with Crippen LogP contribution in [-0.2, 0) is 14.2 Å². The minimum Gasteiger partial charge on any atom is -0.394 e. The molecular weight excluding hydrogens is 300 g/mol. The van der Waals surface area contributed by atoms with Gasteiger partial charge in [0, 0.05) is 20.1 Å². The van der Waals surface area contributed by atoms with Gasteiger partial charge in [0.2, 0.25) is 0 Å². The van der Waals surface area contributed by atoms with Gasteiger partial charge < -0.3 is 44.8 Å². The molecule has 0 amide bonds. The molecule has 2 fully saturated rings. The van der Waals surface area contributed by atoms with Crippen LogP contribution in [-0.4, -0.2) is 100 Å². The second-order valence-corrected chi connectivity index (χ2v) is 5.25. The Kier molecular flexibility index (Phi) is 8.69. The Balaban J connectivity index is 0.000000224. The summed E-state index contributed by atoms with van der Waals surface area (Å²) in [7, 11) is 1.45. The molecule has 0 aromatic carbocycles. The van der Waals surface area contributed by atoms with E-state index in [-0.39, 0.29) is 19.6 Å². The summed E-state index contributed by atoms with van der Waals surface area (Å²) in [5.74, 6) is 0. The van der Waals surface area contributed by atoms with E-state index in [2.05, 4.69) is 0 Å². The van der Waals surface area contributed by atoms with Gasteiger partial charge >= 0.3 is 0 Å². The standard InChI is InChI=1S/C7H14O5.C6H12O4/c1-11-6-2-4(9)7(10)5(3-8)12-6;7-3-5-6(9)4(8)1-2-10-5/h4-10H,2-3H2,1H3;4-9H,1-3H2/t4?,5-,6+,7+;4-,5?,6?/m11/s1. The Hall–Kier alpha value is -0.360. The summed E-state index contributed by atoms with van der Waals surface area (Å²) in [6, 6.07) is 0. The quantitative estimate of drug-likeness (QED) is 0.318. The minimum atomic E-state index is -1.03. The molecule has 2 rings (SSSR count). The number of aliphatic hydroxyl groups excluding tert-OH is 6. The molecule has 132 valence electrons. The molecule has 0 aromatic heterocycles. The van der Waals surface area contributed by atoms with Gasteiger partial charge in [-0.05, 0) is 6.42 Å². The molecule has 0 bridgehead atoms. The van der Waals surface area contributed by atoms with Crippen molar-refractivity contribution in [3.05, 3.63) is 0 Å². The van der Waals surface area contributed by atoms with Crippen molar-refractivity contribution in [2.24, 2.45) is 0 Å². The van der Waals surface area contributed by atoms with E-state index < -0.39 is 42.9 Å². The SMILES string of the molecule is CO[C@@H]1CC(O)[C@H](O)[C@@H](CO)O1.OCC1OCC[C@@H](O)C1O. The monoisotopic (exact) mass is 326 g/mol. The highest BCUT2D eigenvalue weighted by molar-refractivity contribution is 4.82. The van der Waals surface area contributed by atoms with E-state index in [0.717, 1.165) is 0 Å². The molecule has 22 heavy (non-hydrogen) atoms. The van der Waals surface area contributed by atoms with Crippen molar-refractivity contribution in [1.82, 2.24) is 0 Å². The van der Waals surface area contributed by atoms with E-state index in [4.69, 9.17) is 34.6 Å². The number of methoxy groups -OCH3 is 1. The zero-order valence-corrected chi connectivity index (χ0v) is 12.5. The predicted molar refractivity (Wildman–Crippen MR) is 72.8 cm³/mol. The second kappa shape index (κ2) is 9.71. The van der Waals surface area contributed by atoms with E-state index in [9.17, 15) is 10.2 Å². The predicted octanol–water partition coefficient (Wildman–Crippen LogP) is -3.05. The minimum absolute atomic E-state index is 0.230. The first-order chi connectivity index (χ1) is 10.4. The average Bonchev–Trinajstić information content (AvgIpc) is 2.53. The normalized spacial score (nSPS) is 42.4. The van der Waals surface area contributed by atoms with Crippen LogP contribution in [0.5, 0.6) is 0 Å². The van der Waals surface area contributed by atoms with Crippen LogP contribution in [0.4, 0.5) is 0 Å². The maximum Gasteiger partial charge on any atom is 0.160 e. The molecule has 2 aliphatic rings. The molecule has 0 aliphatic carbocycles. The van der Waals surface area contributed by atoms with Crippen LogP contribution in [0.15, 0.2) is 0 Å². The Morgan fingerprint density at radius 2 is 1.55 bits per heavy atom. The number of hydrogen-bond donors (Lipinski definition) is 6. The van der Waals surface area contributed by atoms with Crippen molar-refractivity contribution < 1.29 is 44.8 Å². The van der Waals surface area contributed by atoms with Crippen molar-refractivity contribution in [2.75, 3.05) is 26.9 Å². The maximum absolute atomic E-state index is 9.26. The summed E-state index contributed by atoms with van der Waals surface area (Å²) in [5.41, 5.74) is 0. The van der Waals surface area contributed by atoms with Crippen LogP contribution in [0.1, 0.15) is 12.8 Å². The van der Waals surface area contributed by atoms with Gasteiger partial charge in [-0.2, -0.15) is 0 Å². The van der Waals surface area contributed by atoms with Crippen molar-refractivity contribution >= 4 is 0 Å². The fourth-order valence-electron chi connectivity index (χ4n) is 2.24. The molecule has 7 atom stereocenters. The molecule has 2 aliphatic heterocycles. The summed E-state index contributed by atoms with van der Waals surface area (Å²) in [4.78, 5) is 0. The second-order valence-electron chi connectivity index (χ2n) is 5.25. The molecule has 0 aromatic rings. The molecule has 0 radical (unpaired) electrons. The van der Waals surface area contributed by atoms with Gasteiger partial charge in [0.25, 0.3) is 0 Å². The van der Waals surface area contributed by atoms with Crippen molar-refractivity contribution in [1.29, 1.82) is 0 Å².